The molecule has 0 bridgehead atoms. The fourth-order valence-corrected chi connectivity index (χ4v) is 0. The molecule has 0 aromatic rings. The Balaban J connectivity index is 0. The average molecular weight is 184 g/mol. The molecule has 0 atom stereocenters. The molecule has 0 spiro atoms. The Morgan fingerprint density at radius 2 is 1.67 bits per heavy atom. The van der Waals surface area contributed by atoms with E-state index in [9.17, 15) is 0 Å². The van der Waals surface area contributed by atoms with Gasteiger partial charge in [-0.1, -0.05) is 0 Å². The van der Waals surface area contributed by atoms with Gasteiger partial charge in [0, 0.05) is 0 Å². The van der Waals surface area contributed by atoms with Crippen molar-refractivity contribution < 1.29 is 45.9 Å². The molecule has 0 heterocycles. The van der Waals surface area contributed by atoms with Crippen molar-refractivity contribution in [2.45, 2.75) is 0 Å². The minimum atomic E-state index is -0.812. The maximum absolute atomic E-state index is 8.45. The average Bonchev–Trinajstić information content (AvgIpc) is 1.39. The third kappa shape index (κ3) is 207. The quantitative estimate of drug-likeness (QED) is 0.455. The predicted octanol–water partition coefficient (Wildman–Crippen LogP) is -1.36. The van der Waals surface area contributed by atoms with Crippen LogP contribution in [-0.2, 0) is 37.4 Å². The summed E-state index contributed by atoms with van der Waals surface area (Å²) in [7, 11) is 0. The normalized spacial score (nSPS) is 7.00. The van der Waals surface area contributed by atoms with Crippen molar-refractivity contribution in [2.75, 3.05) is 0 Å². The molecule has 0 aromatic heterocycles. The van der Waals surface area contributed by atoms with E-state index in [-0.39, 0.29) is 0 Å². The van der Waals surface area contributed by atoms with E-state index in [0.29, 0.717) is 0 Å². The van der Waals surface area contributed by atoms with E-state index in [1.54, 1.807) is 0 Å². The SMILES string of the molecule is [O]=[Co][OH].[O]=[Ni][OH]. The fourth-order valence-electron chi connectivity index (χ4n) is 0. The number of hydrogen-bond acceptors (Lipinski definition) is 2. The van der Waals surface area contributed by atoms with E-state index in [1.807, 2.05) is 0 Å². The molecular formula is H2CoNiO4. The summed E-state index contributed by atoms with van der Waals surface area (Å²) < 4.78 is 30.8. The maximum atomic E-state index is 8.45. The van der Waals surface area contributed by atoms with Gasteiger partial charge in [0.2, 0.25) is 0 Å². The first-order valence-electron chi connectivity index (χ1n) is 0.556. The molecule has 0 aliphatic heterocycles. The van der Waals surface area contributed by atoms with Crippen molar-refractivity contribution in [3.8, 4) is 0 Å². The van der Waals surface area contributed by atoms with Crippen LogP contribution in [0.2, 0.25) is 0 Å². The van der Waals surface area contributed by atoms with Gasteiger partial charge in [-0.05, 0) is 0 Å². The van der Waals surface area contributed by atoms with Crippen LogP contribution in [0.3, 0.4) is 0 Å². The molecule has 0 amide bonds. The van der Waals surface area contributed by atoms with Crippen LogP contribution in [0.25, 0.3) is 0 Å². The van der Waals surface area contributed by atoms with Gasteiger partial charge >= 0.3 is 45.9 Å². The van der Waals surface area contributed by atoms with Crippen LogP contribution in [-0.4, -0.2) is 8.47 Å². The Bertz CT molecular complexity index is 28.5. The van der Waals surface area contributed by atoms with Crippen LogP contribution < -0.4 is 0 Å². The van der Waals surface area contributed by atoms with Gasteiger partial charge in [-0.3, -0.25) is 0 Å². The van der Waals surface area contributed by atoms with Crippen LogP contribution in [0.1, 0.15) is 0 Å². The van der Waals surface area contributed by atoms with Crippen molar-refractivity contribution in [1.29, 1.82) is 0 Å². The van der Waals surface area contributed by atoms with Crippen LogP contribution in [0, 0.1) is 0 Å². The molecule has 4 nitrogen and oxygen atoms in total. The second-order valence-electron chi connectivity index (χ2n) is 0.119. The van der Waals surface area contributed by atoms with Crippen molar-refractivity contribution in [1.82, 2.24) is 0 Å². The van der Waals surface area contributed by atoms with Crippen LogP contribution in [0.15, 0.2) is 0 Å². The molecule has 2 N–H and O–H groups in total. The first-order chi connectivity index (χ1) is 2.83. The van der Waals surface area contributed by atoms with Gasteiger partial charge < -0.3 is 0 Å². The van der Waals surface area contributed by atoms with Crippen LogP contribution in [0.4, 0.5) is 0 Å². The fraction of sp³-hybridized carbons (Fsp3) is 0. The third-order valence-electron chi connectivity index (χ3n) is 0. The first kappa shape index (κ1) is 9.72. The Morgan fingerprint density at radius 1 is 1.67 bits per heavy atom. The van der Waals surface area contributed by atoms with Gasteiger partial charge in [-0.15, -0.1) is 0 Å². The molecule has 0 aliphatic carbocycles. The Morgan fingerprint density at radius 3 is 1.67 bits per heavy atom. The molecule has 45 valence electrons. The summed E-state index contributed by atoms with van der Waals surface area (Å²) in [6.45, 7) is 0. The van der Waals surface area contributed by atoms with Gasteiger partial charge in [-0.2, -0.15) is 0 Å². The minimum absolute atomic E-state index is 0.625. The monoisotopic (exact) mass is 183 g/mol. The molecule has 0 saturated carbocycles. The van der Waals surface area contributed by atoms with Crippen LogP contribution in [0.5, 0.6) is 0 Å². The molecule has 6 heteroatoms. The van der Waals surface area contributed by atoms with Gasteiger partial charge in [0.15, 0.2) is 0 Å². The summed E-state index contributed by atoms with van der Waals surface area (Å²) in [5.41, 5.74) is 0. The zero-order chi connectivity index (χ0) is 5.41. The molecule has 6 heavy (non-hydrogen) atoms. The Kier molecular flexibility index (Phi) is 28.8. The van der Waals surface area contributed by atoms with Gasteiger partial charge in [-0.25, -0.2) is 0 Å². The van der Waals surface area contributed by atoms with Crippen LogP contribution >= 0.6 is 0 Å². The summed E-state index contributed by atoms with van der Waals surface area (Å²) in [4.78, 5) is 0. The standard InChI is InChI=1S/Co.Ni.2H2O.2O/h;;2*1H2;;/q2*+1;;;;/p-2. The molecule has 0 fully saturated rings. The Labute approximate surface area is 46.4 Å². The molecular weight excluding hydrogens is 182 g/mol. The van der Waals surface area contributed by atoms with E-state index in [4.69, 9.17) is 16.2 Å². The van der Waals surface area contributed by atoms with Gasteiger partial charge in [0.1, 0.15) is 0 Å². The first-order valence-corrected chi connectivity index (χ1v) is 2.29. The second-order valence-corrected chi connectivity index (χ2v) is 0.489. The van der Waals surface area contributed by atoms with E-state index < -0.39 is 29.6 Å². The molecule has 0 radical (unpaired) electrons. The van der Waals surface area contributed by atoms with Crippen molar-refractivity contribution in [3.05, 3.63) is 0 Å². The zero-order valence-electron chi connectivity index (χ0n) is 2.36. The molecule has 0 rings (SSSR count). The summed E-state index contributed by atoms with van der Waals surface area (Å²) in [5, 5.41) is 0. The second kappa shape index (κ2) is 17.8. The van der Waals surface area contributed by atoms with Crippen molar-refractivity contribution in [2.24, 2.45) is 0 Å². The number of rotatable bonds is 0. The zero-order valence-corrected chi connectivity index (χ0v) is 4.39. The van der Waals surface area contributed by atoms with Gasteiger partial charge in [0.05, 0.1) is 0 Å². The van der Waals surface area contributed by atoms with Crippen molar-refractivity contribution in [3.63, 3.8) is 0 Å². The van der Waals surface area contributed by atoms with Gasteiger partial charge in [0.25, 0.3) is 0 Å². The topological polar surface area (TPSA) is 74.6 Å². The summed E-state index contributed by atoms with van der Waals surface area (Å²) in [6, 6.07) is 0. The molecule has 0 aromatic carbocycles. The third-order valence-corrected chi connectivity index (χ3v) is 0. The van der Waals surface area contributed by atoms with E-state index in [2.05, 4.69) is 0 Å². The van der Waals surface area contributed by atoms with E-state index >= 15 is 0 Å². The number of hydrogen-bond donors (Lipinski definition) is 2. The van der Waals surface area contributed by atoms with E-state index in [1.165, 1.54) is 0 Å². The Hall–Kier alpha value is 0.520. The van der Waals surface area contributed by atoms with Crippen molar-refractivity contribution >= 4 is 0 Å². The summed E-state index contributed by atoms with van der Waals surface area (Å²) >= 11 is -1.44. The van der Waals surface area contributed by atoms with E-state index in [0.717, 1.165) is 0 Å². The molecule has 0 aliphatic rings. The summed E-state index contributed by atoms with van der Waals surface area (Å²) in [6.07, 6.45) is 0. The molecule has 0 unspecified atom stereocenters. The summed E-state index contributed by atoms with van der Waals surface area (Å²) in [5.74, 6) is 0. The predicted molar refractivity (Wildman–Crippen MR) is 5.81 cm³/mol. The molecule has 0 saturated heterocycles.